The molecule has 1 unspecified atom stereocenters. The van der Waals surface area contributed by atoms with Crippen LogP contribution < -0.4 is 38.0 Å². The van der Waals surface area contributed by atoms with Crippen LogP contribution >= 0.6 is 0 Å². The van der Waals surface area contributed by atoms with Gasteiger partial charge in [0, 0.05) is 0 Å². The number of rotatable bonds is 2. The molecule has 0 radical (unpaired) electrons. The van der Waals surface area contributed by atoms with E-state index in [1.165, 1.54) is 0 Å². The Balaban J connectivity index is 2.57. The van der Waals surface area contributed by atoms with Crippen molar-refractivity contribution in [1.29, 1.82) is 0 Å². The van der Waals surface area contributed by atoms with Crippen molar-refractivity contribution in [2.24, 2.45) is 11.5 Å². The normalized spacial score (nSPS) is 33.6. The number of nitrogens with two attached hydrogens (primary N) is 2. The SMILES string of the molecule is NC[I-]C1(N)NCCC1=O. The van der Waals surface area contributed by atoms with Gasteiger partial charge in [0.25, 0.3) is 0 Å². The van der Waals surface area contributed by atoms with E-state index in [1.54, 1.807) is 0 Å². The van der Waals surface area contributed by atoms with Gasteiger partial charge in [-0.15, -0.1) is 0 Å². The van der Waals surface area contributed by atoms with Crippen molar-refractivity contribution in [3.63, 3.8) is 0 Å². The Hall–Kier alpha value is 0.280. The molecule has 1 aliphatic rings. The van der Waals surface area contributed by atoms with Gasteiger partial charge >= 0.3 is 69.8 Å². The Morgan fingerprint density at radius 2 is 2.50 bits per heavy atom. The molecule has 1 aliphatic heterocycles. The van der Waals surface area contributed by atoms with Gasteiger partial charge in [-0.2, -0.15) is 0 Å². The van der Waals surface area contributed by atoms with E-state index in [2.05, 4.69) is 5.32 Å². The van der Waals surface area contributed by atoms with Crippen LogP contribution in [0.25, 0.3) is 0 Å². The predicted molar refractivity (Wildman–Crippen MR) is 33.6 cm³/mol. The van der Waals surface area contributed by atoms with Crippen molar-refractivity contribution in [1.82, 2.24) is 5.32 Å². The summed E-state index contributed by atoms with van der Waals surface area (Å²) in [5, 5.41) is 2.98. The zero-order valence-electron chi connectivity index (χ0n) is 5.56. The zero-order valence-corrected chi connectivity index (χ0v) is 7.72. The third-order valence-electron chi connectivity index (χ3n) is 1.43. The monoisotopic (exact) mass is 256 g/mol. The molecule has 1 rings (SSSR count). The molecule has 1 fully saturated rings. The van der Waals surface area contributed by atoms with E-state index in [-0.39, 0.29) is 5.78 Å². The molecule has 60 valence electrons. The molecular weight excluding hydrogens is 245 g/mol. The van der Waals surface area contributed by atoms with Gasteiger partial charge in [-0.25, -0.2) is 0 Å². The summed E-state index contributed by atoms with van der Waals surface area (Å²) in [6.45, 7) is 0.717. The Morgan fingerprint density at radius 1 is 1.80 bits per heavy atom. The molecule has 1 saturated heterocycles. The van der Waals surface area contributed by atoms with Gasteiger partial charge in [0.05, 0.1) is 0 Å². The Bertz CT molecular complexity index is 152. The summed E-state index contributed by atoms with van der Waals surface area (Å²) in [6.07, 6.45) is 0.566. The summed E-state index contributed by atoms with van der Waals surface area (Å²) >= 11 is -0.404. The standard InChI is InChI=1S/C5H11IN3O/c7-3-6-5(8)4(10)1-2-9-5/h9H,1-3,7-8H2/q-1. The van der Waals surface area contributed by atoms with Gasteiger partial charge in [-0.05, 0) is 0 Å². The summed E-state index contributed by atoms with van der Waals surface area (Å²) in [5.74, 6) is 0.130. The second kappa shape index (κ2) is 3.12. The average Bonchev–Trinajstić information content (AvgIpc) is 2.15. The van der Waals surface area contributed by atoms with Crippen molar-refractivity contribution in [3.8, 4) is 0 Å². The quantitative estimate of drug-likeness (QED) is 0.263. The number of halogens is 1. The van der Waals surface area contributed by atoms with Crippen LogP contribution in [0.4, 0.5) is 0 Å². The van der Waals surface area contributed by atoms with E-state index >= 15 is 0 Å². The van der Waals surface area contributed by atoms with Crippen LogP contribution in [0.5, 0.6) is 0 Å². The number of Topliss-reactive ketones (excluding diaryl/α,β-unsaturated/α-hetero) is 1. The van der Waals surface area contributed by atoms with Gasteiger partial charge in [0.1, 0.15) is 0 Å². The first kappa shape index (κ1) is 8.38. The van der Waals surface area contributed by atoms with Crippen molar-refractivity contribution in [2.75, 3.05) is 11.1 Å². The molecule has 5 heteroatoms. The summed E-state index contributed by atoms with van der Waals surface area (Å²) in [7, 11) is 0. The Morgan fingerprint density at radius 3 is 2.90 bits per heavy atom. The molecule has 4 nitrogen and oxygen atoms in total. The molecule has 5 N–H and O–H groups in total. The van der Waals surface area contributed by atoms with Crippen molar-refractivity contribution < 1.29 is 26.0 Å². The Kier molecular flexibility index (Phi) is 2.61. The van der Waals surface area contributed by atoms with Crippen molar-refractivity contribution in [3.05, 3.63) is 0 Å². The number of alkyl halides is 2. The topological polar surface area (TPSA) is 81.1 Å². The van der Waals surface area contributed by atoms with Crippen LogP contribution in [0, 0.1) is 0 Å². The molecule has 0 spiro atoms. The van der Waals surface area contributed by atoms with Gasteiger partial charge < -0.3 is 0 Å². The molecule has 0 aromatic carbocycles. The van der Waals surface area contributed by atoms with E-state index in [4.69, 9.17) is 11.5 Å². The fraction of sp³-hybridized carbons (Fsp3) is 0.800. The maximum absolute atomic E-state index is 11.1. The minimum absolute atomic E-state index is 0.130. The number of carbonyl (C=O) groups excluding carboxylic acids is 1. The van der Waals surface area contributed by atoms with Crippen LogP contribution in [0.15, 0.2) is 0 Å². The van der Waals surface area contributed by atoms with Crippen LogP contribution in [-0.2, 0) is 4.79 Å². The second-order valence-electron chi connectivity index (χ2n) is 2.10. The van der Waals surface area contributed by atoms with Crippen LogP contribution in [0.2, 0.25) is 0 Å². The molecule has 0 amide bonds. The molecule has 1 atom stereocenters. The number of hydrogen-bond acceptors (Lipinski definition) is 4. The number of carbonyl (C=O) groups is 1. The first-order chi connectivity index (χ1) is 4.69. The minimum atomic E-state index is -0.701. The fourth-order valence-electron chi connectivity index (χ4n) is 0.882. The van der Waals surface area contributed by atoms with Gasteiger partial charge in [0.15, 0.2) is 0 Å². The third kappa shape index (κ3) is 1.47. The molecular formula is C5H11IN3O-. The first-order valence-electron chi connectivity index (χ1n) is 3.06. The third-order valence-corrected chi connectivity index (χ3v) is 4.05. The Labute approximate surface area is 70.0 Å². The molecule has 0 aliphatic carbocycles. The number of hydrogen-bond donors (Lipinski definition) is 3. The summed E-state index contributed by atoms with van der Waals surface area (Å²) in [6, 6.07) is 0. The van der Waals surface area contributed by atoms with Crippen molar-refractivity contribution in [2.45, 2.75) is 10.1 Å². The molecule has 1 heterocycles. The molecule has 0 bridgehead atoms. The van der Waals surface area contributed by atoms with Crippen LogP contribution in [-0.4, -0.2) is 20.5 Å². The summed E-state index contributed by atoms with van der Waals surface area (Å²) in [5.41, 5.74) is 11.1. The predicted octanol–water partition coefficient (Wildman–Crippen LogP) is -4.83. The van der Waals surface area contributed by atoms with Gasteiger partial charge in [0.2, 0.25) is 0 Å². The number of nitrogens with one attached hydrogen (secondary N) is 1. The maximum atomic E-state index is 11.1. The fourth-order valence-corrected chi connectivity index (χ4v) is 2.81. The van der Waals surface area contributed by atoms with Crippen LogP contribution in [0.3, 0.4) is 0 Å². The molecule has 0 saturated carbocycles. The van der Waals surface area contributed by atoms with Crippen molar-refractivity contribution >= 4 is 5.78 Å². The van der Waals surface area contributed by atoms with E-state index in [0.717, 1.165) is 6.54 Å². The van der Waals surface area contributed by atoms with E-state index in [1.807, 2.05) is 0 Å². The van der Waals surface area contributed by atoms with E-state index in [0.29, 0.717) is 11.0 Å². The molecule has 0 aromatic heterocycles. The van der Waals surface area contributed by atoms with E-state index in [9.17, 15) is 4.79 Å². The second-order valence-corrected chi connectivity index (χ2v) is 5.44. The molecule has 10 heavy (non-hydrogen) atoms. The zero-order chi connectivity index (χ0) is 7.61. The summed E-state index contributed by atoms with van der Waals surface area (Å²) in [4.78, 5) is 11.1. The average molecular weight is 256 g/mol. The van der Waals surface area contributed by atoms with Crippen LogP contribution in [0.1, 0.15) is 6.42 Å². The molecule has 0 aromatic rings. The van der Waals surface area contributed by atoms with Gasteiger partial charge in [-0.3, -0.25) is 0 Å². The van der Waals surface area contributed by atoms with Gasteiger partial charge in [-0.1, -0.05) is 0 Å². The first-order valence-corrected chi connectivity index (χ1v) is 5.67. The van der Waals surface area contributed by atoms with E-state index < -0.39 is 24.9 Å². The summed E-state index contributed by atoms with van der Waals surface area (Å²) < 4.78 is -0.137. The number of ketones is 1.